The lowest BCUT2D eigenvalue weighted by molar-refractivity contribution is -0.121. The predicted molar refractivity (Wildman–Crippen MR) is 74.2 cm³/mol. The van der Waals surface area contributed by atoms with Crippen molar-refractivity contribution in [1.82, 2.24) is 0 Å². The highest BCUT2D eigenvalue weighted by molar-refractivity contribution is 5.97. The summed E-state index contributed by atoms with van der Waals surface area (Å²) in [5.74, 6) is -1.19. The maximum atomic E-state index is 12.2. The third-order valence-corrected chi connectivity index (χ3v) is 3.03. The van der Waals surface area contributed by atoms with E-state index in [1.807, 2.05) is 20.8 Å². The number of amides is 1. The van der Waals surface area contributed by atoms with Gasteiger partial charge in [0, 0.05) is 12.7 Å². The quantitative estimate of drug-likeness (QED) is 0.870. The fourth-order valence-corrected chi connectivity index (χ4v) is 1.53. The van der Waals surface area contributed by atoms with Crippen molar-refractivity contribution >= 4 is 17.6 Å². The lowest BCUT2D eigenvalue weighted by Gasteiger charge is -2.30. The molecule has 0 radical (unpaired) electrons. The second-order valence-corrected chi connectivity index (χ2v) is 5.59. The molecule has 1 atom stereocenters. The molecular formula is C14H20N2O3. The molecule has 104 valence electrons. The van der Waals surface area contributed by atoms with Crippen LogP contribution < -0.4 is 10.6 Å². The average Bonchev–Trinajstić information content (AvgIpc) is 2.35. The molecule has 3 N–H and O–H groups in total. The van der Waals surface area contributed by atoms with Gasteiger partial charge < -0.3 is 15.7 Å². The summed E-state index contributed by atoms with van der Waals surface area (Å²) in [5.41, 5.74) is 6.40. The fourth-order valence-electron chi connectivity index (χ4n) is 1.53. The van der Waals surface area contributed by atoms with Crippen LogP contribution >= 0.6 is 0 Å². The molecule has 1 aromatic rings. The molecule has 19 heavy (non-hydrogen) atoms. The molecule has 0 saturated heterocycles. The Bertz CT molecular complexity index is 474. The van der Waals surface area contributed by atoms with Gasteiger partial charge in [-0.2, -0.15) is 0 Å². The van der Waals surface area contributed by atoms with Crippen LogP contribution in [0.25, 0.3) is 0 Å². The molecule has 0 aliphatic rings. The van der Waals surface area contributed by atoms with Gasteiger partial charge in [-0.3, -0.25) is 4.79 Å². The van der Waals surface area contributed by atoms with Crippen LogP contribution in [0.4, 0.5) is 5.69 Å². The van der Waals surface area contributed by atoms with Gasteiger partial charge in [0.25, 0.3) is 0 Å². The largest absolute Gasteiger partial charge is 0.478 e. The van der Waals surface area contributed by atoms with Gasteiger partial charge >= 0.3 is 5.97 Å². The number of likely N-dealkylation sites (N-methyl/N-ethyl adjacent to an activating group) is 1. The van der Waals surface area contributed by atoms with Crippen molar-refractivity contribution in [2.24, 2.45) is 11.1 Å². The van der Waals surface area contributed by atoms with E-state index in [9.17, 15) is 9.59 Å². The molecule has 0 bridgehead atoms. The van der Waals surface area contributed by atoms with Crippen molar-refractivity contribution in [3.8, 4) is 0 Å². The summed E-state index contributed by atoms with van der Waals surface area (Å²) in [7, 11) is 1.63. The van der Waals surface area contributed by atoms with E-state index in [-0.39, 0.29) is 16.9 Å². The molecule has 1 unspecified atom stereocenters. The Balaban J connectivity index is 2.91. The first-order valence-corrected chi connectivity index (χ1v) is 6.01. The van der Waals surface area contributed by atoms with E-state index in [0.29, 0.717) is 5.69 Å². The number of carbonyl (C=O) groups excluding carboxylic acids is 1. The van der Waals surface area contributed by atoms with Gasteiger partial charge in [0.2, 0.25) is 5.91 Å². The van der Waals surface area contributed by atoms with Gasteiger partial charge in [0.1, 0.15) is 0 Å². The minimum absolute atomic E-state index is 0.185. The van der Waals surface area contributed by atoms with Crippen molar-refractivity contribution in [3.63, 3.8) is 0 Å². The fraction of sp³-hybridized carbons (Fsp3) is 0.429. The Hall–Kier alpha value is -1.88. The zero-order valence-electron chi connectivity index (χ0n) is 11.7. The molecule has 5 heteroatoms. The number of rotatable bonds is 3. The first-order valence-electron chi connectivity index (χ1n) is 6.01. The first-order chi connectivity index (χ1) is 8.64. The van der Waals surface area contributed by atoms with Crippen LogP contribution in [0.2, 0.25) is 0 Å². The molecule has 1 aromatic carbocycles. The first kappa shape index (κ1) is 15.2. The number of hydrogen-bond donors (Lipinski definition) is 2. The molecular weight excluding hydrogens is 244 g/mol. The highest BCUT2D eigenvalue weighted by Crippen LogP contribution is 2.21. The van der Waals surface area contributed by atoms with Crippen LogP contribution in [0.1, 0.15) is 31.1 Å². The Labute approximate surface area is 113 Å². The standard InChI is InChI=1S/C14H20N2O3/c1-14(2,3)11(15)12(17)16(4)10-7-5-9(6-8-10)13(18)19/h5-8,11H,15H2,1-4H3,(H,18,19). The van der Waals surface area contributed by atoms with Crippen LogP contribution in [-0.2, 0) is 4.79 Å². The van der Waals surface area contributed by atoms with Crippen LogP contribution in [0.3, 0.4) is 0 Å². The molecule has 0 spiro atoms. The number of nitrogens with two attached hydrogens (primary N) is 1. The highest BCUT2D eigenvalue weighted by atomic mass is 16.4. The molecule has 0 aromatic heterocycles. The number of nitrogens with zero attached hydrogens (tertiary/aromatic N) is 1. The number of anilines is 1. The second-order valence-electron chi connectivity index (χ2n) is 5.59. The van der Waals surface area contributed by atoms with E-state index in [1.165, 1.54) is 17.0 Å². The number of aromatic carboxylic acids is 1. The third-order valence-electron chi connectivity index (χ3n) is 3.03. The minimum Gasteiger partial charge on any atom is -0.478 e. The van der Waals surface area contributed by atoms with Crippen molar-refractivity contribution in [2.45, 2.75) is 26.8 Å². The highest BCUT2D eigenvalue weighted by Gasteiger charge is 2.30. The summed E-state index contributed by atoms with van der Waals surface area (Å²) >= 11 is 0. The number of benzene rings is 1. The maximum absolute atomic E-state index is 12.2. The summed E-state index contributed by atoms with van der Waals surface area (Å²) in [4.78, 5) is 24.4. The Morgan fingerprint density at radius 3 is 2.05 bits per heavy atom. The van der Waals surface area contributed by atoms with E-state index in [0.717, 1.165) is 0 Å². The Morgan fingerprint density at radius 2 is 1.68 bits per heavy atom. The van der Waals surface area contributed by atoms with Gasteiger partial charge in [0.05, 0.1) is 11.6 Å². The topological polar surface area (TPSA) is 83.6 Å². The van der Waals surface area contributed by atoms with Crippen LogP contribution in [0.5, 0.6) is 0 Å². The minimum atomic E-state index is -0.994. The average molecular weight is 264 g/mol. The lowest BCUT2D eigenvalue weighted by atomic mass is 9.86. The molecule has 0 aliphatic heterocycles. The van der Waals surface area contributed by atoms with Gasteiger partial charge in [-0.25, -0.2) is 4.79 Å². The van der Waals surface area contributed by atoms with Crippen molar-refractivity contribution < 1.29 is 14.7 Å². The lowest BCUT2D eigenvalue weighted by Crippen LogP contribution is -2.49. The van der Waals surface area contributed by atoms with Crippen molar-refractivity contribution in [2.75, 3.05) is 11.9 Å². The summed E-state index contributed by atoms with van der Waals surface area (Å²) < 4.78 is 0. The van der Waals surface area contributed by atoms with E-state index in [4.69, 9.17) is 10.8 Å². The second kappa shape index (κ2) is 5.40. The predicted octanol–water partition coefficient (Wildman–Crippen LogP) is 1.72. The summed E-state index contributed by atoms with van der Waals surface area (Å²) in [5, 5.41) is 8.82. The Morgan fingerprint density at radius 1 is 1.21 bits per heavy atom. The SMILES string of the molecule is CN(C(=O)C(N)C(C)(C)C)c1ccc(C(=O)O)cc1. The maximum Gasteiger partial charge on any atom is 0.335 e. The zero-order chi connectivity index (χ0) is 14.8. The van der Waals surface area contributed by atoms with E-state index >= 15 is 0 Å². The number of carbonyl (C=O) groups is 2. The van der Waals surface area contributed by atoms with E-state index < -0.39 is 12.0 Å². The smallest absolute Gasteiger partial charge is 0.335 e. The van der Waals surface area contributed by atoms with E-state index in [1.54, 1.807) is 19.2 Å². The molecule has 0 saturated carbocycles. The van der Waals surface area contributed by atoms with Gasteiger partial charge in [0.15, 0.2) is 0 Å². The van der Waals surface area contributed by atoms with E-state index in [2.05, 4.69) is 0 Å². The zero-order valence-corrected chi connectivity index (χ0v) is 11.7. The summed E-state index contributed by atoms with van der Waals surface area (Å²) in [6.07, 6.45) is 0. The monoisotopic (exact) mass is 264 g/mol. The van der Waals surface area contributed by atoms with Crippen LogP contribution in [-0.4, -0.2) is 30.1 Å². The molecule has 0 aliphatic carbocycles. The van der Waals surface area contributed by atoms with Crippen LogP contribution in [0, 0.1) is 5.41 Å². The van der Waals surface area contributed by atoms with Crippen LogP contribution in [0.15, 0.2) is 24.3 Å². The summed E-state index contributed by atoms with van der Waals surface area (Å²) in [6, 6.07) is 5.50. The number of hydrogen-bond acceptors (Lipinski definition) is 3. The normalized spacial score (nSPS) is 12.9. The van der Waals surface area contributed by atoms with Crippen molar-refractivity contribution in [1.29, 1.82) is 0 Å². The number of carboxylic acid groups (broad SMARTS) is 1. The van der Waals surface area contributed by atoms with Gasteiger partial charge in [-0.05, 0) is 29.7 Å². The molecule has 1 amide bonds. The Kier molecular flexibility index (Phi) is 4.32. The van der Waals surface area contributed by atoms with Crippen molar-refractivity contribution in [3.05, 3.63) is 29.8 Å². The number of carboxylic acids is 1. The third kappa shape index (κ3) is 3.54. The van der Waals surface area contributed by atoms with Gasteiger partial charge in [-0.1, -0.05) is 20.8 Å². The molecule has 0 fully saturated rings. The molecule has 5 nitrogen and oxygen atoms in total. The summed E-state index contributed by atoms with van der Waals surface area (Å²) in [6.45, 7) is 5.70. The molecule has 0 heterocycles. The molecule has 1 rings (SSSR count). The van der Waals surface area contributed by atoms with Gasteiger partial charge in [-0.15, -0.1) is 0 Å².